The minimum absolute atomic E-state index is 0.0201. The van der Waals surface area contributed by atoms with Crippen LogP contribution in [0.5, 0.6) is 0 Å². The van der Waals surface area contributed by atoms with E-state index in [1.165, 1.54) is 12.3 Å². The first kappa shape index (κ1) is 26.4. The number of nitrogens with one attached hydrogen (secondary N) is 2. The highest BCUT2D eigenvalue weighted by atomic mass is 35.5. The van der Waals surface area contributed by atoms with Crippen molar-refractivity contribution < 1.29 is 35.9 Å². The third-order valence-corrected chi connectivity index (χ3v) is 6.84. The fraction of sp³-hybridized carbons (Fsp3) is 0.200. The van der Waals surface area contributed by atoms with Gasteiger partial charge in [-0.2, -0.15) is 13.2 Å². The summed E-state index contributed by atoms with van der Waals surface area (Å²) >= 11 is 7.02. The number of sulfonamides is 1. The predicted molar refractivity (Wildman–Crippen MR) is 123 cm³/mol. The molecule has 0 atom stereocenters. The first-order valence-corrected chi connectivity index (χ1v) is 12.4. The molecular formula is C20H16ClF3N4O5S2. The number of carbonyl (C=O) groups is 2. The normalized spacial score (nSPS) is 11.7. The summed E-state index contributed by atoms with van der Waals surface area (Å²) in [5.41, 5.74) is 1.43. The van der Waals surface area contributed by atoms with Crippen molar-refractivity contribution in [3.05, 3.63) is 59.0 Å². The molecule has 186 valence electrons. The van der Waals surface area contributed by atoms with Crippen molar-refractivity contribution in [2.24, 2.45) is 0 Å². The van der Waals surface area contributed by atoms with E-state index in [0.29, 0.717) is 21.7 Å². The van der Waals surface area contributed by atoms with Crippen LogP contribution in [0.1, 0.15) is 11.3 Å². The molecule has 0 spiro atoms. The van der Waals surface area contributed by atoms with Gasteiger partial charge in [-0.3, -0.25) is 14.8 Å². The van der Waals surface area contributed by atoms with Crippen LogP contribution in [0.2, 0.25) is 5.15 Å². The van der Waals surface area contributed by atoms with Crippen LogP contribution in [0.15, 0.2) is 42.6 Å². The average molecular weight is 549 g/mol. The first-order chi connectivity index (χ1) is 16.3. The van der Waals surface area contributed by atoms with Gasteiger partial charge < -0.3 is 4.74 Å². The Labute approximate surface area is 206 Å². The summed E-state index contributed by atoms with van der Waals surface area (Å²) in [6.45, 7) is 0.446. The van der Waals surface area contributed by atoms with E-state index >= 15 is 0 Å². The van der Waals surface area contributed by atoms with Crippen LogP contribution in [0.3, 0.4) is 0 Å². The summed E-state index contributed by atoms with van der Waals surface area (Å²) < 4.78 is 67.9. The third kappa shape index (κ3) is 7.37. The van der Waals surface area contributed by atoms with Gasteiger partial charge >= 0.3 is 12.1 Å². The molecule has 2 aromatic heterocycles. The smallest absolute Gasteiger partial charge is 0.449 e. The zero-order valence-corrected chi connectivity index (χ0v) is 20.1. The molecule has 0 bridgehead atoms. The molecule has 2 heterocycles. The highest BCUT2D eigenvalue weighted by molar-refractivity contribution is 7.91. The molecule has 1 aromatic carbocycles. The number of nitrogens with zero attached hydrogens (tertiary/aromatic N) is 2. The van der Waals surface area contributed by atoms with Crippen LogP contribution in [-0.4, -0.2) is 43.0 Å². The molecule has 0 saturated heterocycles. The Morgan fingerprint density at radius 3 is 2.54 bits per heavy atom. The monoisotopic (exact) mass is 548 g/mol. The number of carbonyl (C=O) groups excluding carboxylic acids is 2. The van der Waals surface area contributed by atoms with E-state index in [-0.39, 0.29) is 21.7 Å². The van der Waals surface area contributed by atoms with Crippen LogP contribution in [0, 0.1) is 6.92 Å². The summed E-state index contributed by atoms with van der Waals surface area (Å²) in [6.07, 6.45) is -3.85. The van der Waals surface area contributed by atoms with Crippen molar-refractivity contribution in [3.8, 4) is 10.4 Å². The van der Waals surface area contributed by atoms with Gasteiger partial charge in [-0.05, 0) is 18.6 Å². The van der Waals surface area contributed by atoms with Crippen molar-refractivity contribution in [3.63, 3.8) is 0 Å². The van der Waals surface area contributed by atoms with Gasteiger partial charge in [0, 0.05) is 11.8 Å². The number of halogens is 4. The topological polar surface area (TPSA) is 127 Å². The second kappa shape index (κ2) is 10.6. The minimum atomic E-state index is -5.22. The highest BCUT2D eigenvalue weighted by Gasteiger charge is 2.41. The Balaban J connectivity index is 1.73. The molecule has 0 saturated carbocycles. The Hall–Kier alpha value is -3.23. The van der Waals surface area contributed by atoms with E-state index in [9.17, 15) is 31.2 Å². The zero-order chi connectivity index (χ0) is 25.8. The van der Waals surface area contributed by atoms with Crippen LogP contribution < -0.4 is 10.0 Å². The van der Waals surface area contributed by atoms with Crippen LogP contribution in [0.4, 0.5) is 24.0 Å². The second-order valence-electron chi connectivity index (χ2n) is 6.96. The standard InChI is InChI=1S/C20H16ClF3N4O5S2/c1-11-16(34-19(26-11)27-15(29)9-33-18(30)20(22,23)24)13-7-14(17(21)25-8-13)28-35(31,32)10-12-5-3-2-4-6-12/h2-8,28H,9-10H2,1H3,(H,26,27,29). The van der Waals surface area contributed by atoms with Crippen molar-refractivity contribution in [2.75, 3.05) is 16.6 Å². The summed E-state index contributed by atoms with van der Waals surface area (Å²) in [7, 11) is -3.82. The lowest BCUT2D eigenvalue weighted by atomic mass is 10.2. The first-order valence-electron chi connectivity index (χ1n) is 9.55. The number of amides is 1. The summed E-state index contributed by atoms with van der Waals surface area (Å²) in [6, 6.07) is 9.95. The fourth-order valence-electron chi connectivity index (χ4n) is 2.73. The van der Waals surface area contributed by atoms with Gasteiger partial charge in [0.2, 0.25) is 10.0 Å². The van der Waals surface area contributed by atoms with Gasteiger partial charge in [-0.25, -0.2) is 23.2 Å². The third-order valence-electron chi connectivity index (χ3n) is 4.17. The number of thiazole rings is 1. The molecule has 0 unspecified atom stereocenters. The van der Waals surface area contributed by atoms with Gasteiger partial charge in [0.25, 0.3) is 5.91 Å². The molecule has 1 amide bonds. The van der Waals surface area contributed by atoms with Gasteiger partial charge in [0.05, 0.1) is 22.0 Å². The van der Waals surface area contributed by atoms with Gasteiger partial charge in [-0.1, -0.05) is 53.3 Å². The maximum absolute atomic E-state index is 12.6. The van der Waals surface area contributed by atoms with E-state index < -0.39 is 34.7 Å². The van der Waals surface area contributed by atoms with Crippen LogP contribution in [-0.2, 0) is 30.1 Å². The molecule has 15 heteroatoms. The number of aromatic nitrogens is 2. The Kier molecular flexibility index (Phi) is 7.97. The largest absolute Gasteiger partial charge is 0.490 e. The van der Waals surface area contributed by atoms with E-state index in [1.807, 2.05) is 0 Å². The fourth-order valence-corrected chi connectivity index (χ4v) is 5.09. The molecule has 0 fully saturated rings. The van der Waals surface area contributed by atoms with Crippen molar-refractivity contribution in [2.45, 2.75) is 18.9 Å². The predicted octanol–water partition coefficient (Wildman–Crippen LogP) is 4.15. The number of esters is 1. The Bertz CT molecular complexity index is 1350. The molecular weight excluding hydrogens is 533 g/mol. The number of benzene rings is 1. The van der Waals surface area contributed by atoms with E-state index in [0.717, 1.165) is 11.3 Å². The second-order valence-corrected chi connectivity index (χ2v) is 10.0. The maximum atomic E-state index is 12.6. The van der Waals surface area contributed by atoms with Crippen molar-refractivity contribution >= 4 is 55.7 Å². The SMILES string of the molecule is Cc1nc(NC(=O)COC(=O)C(F)(F)F)sc1-c1cnc(Cl)c(NS(=O)(=O)Cc2ccccc2)c1. The summed E-state index contributed by atoms with van der Waals surface area (Å²) in [5, 5.41) is 2.17. The van der Waals surface area contributed by atoms with Gasteiger partial charge in [-0.15, -0.1) is 0 Å². The van der Waals surface area contributed by atoms with E-state index in [2.05, 4.69) is 24.7 Å². The number of anilines is 2. The van der Waals surface area contributed by atoms with Crippen molar-refractivity contribution in [1.82, 2.24) is 9.97 Å². The Morgan fingerprint density at radius 1 is 1.20 bits per heavy atom. The lowest BCUT2D eigenvalue weighted by molar-refractivity contribution is -0.199. The Morgan fingerprint density at radius 2 is 1.89 bits per heavy atom. The average Bonchev–Trinajstić information content (AvgIpc) is 3.12. The molecule has 0 radical (unpaired) electrons. The zero-order valence-electron chi connectivity index (χ0n) is 17.7. The molecule has 3 rings (SSSR count). The summed E-state index contributed by atoms with van der Waals surface area (Å²) in [5.74, 6) is -3.80. The summed E-state index contributed by atoms with van der Waals surface area (Å²) in [4.78, 5) is 31.1. The molecule has 0 aliphatic rings. The molecule has 0 aliphatic heterocycles. The minimum Gasteiger partial charge on any atom is -0.449 e. The van der Waals surface area contributed by atoms with Crippen molar-refractivity contribution in [1.29, 1.82) is 0 Å². The van der Waals surface area contributed by atoms with Gasteiger partial charge in [0.15, 0.2) is 16.9 Å². The number of rotatable bonds is 8. The quantitative estimate of drug-likeness (QED) is 0.320. The van der Waals surface area contributed by atoms with Crippen LogP contribution in [0.25, 0.3) is 10.4 Å². The number of hydrogen-bond donors (Lipinski definition) is 2. The van der Waals surface area contributed by atoms with E-state index in [1.54, 1.807) is 37.3 Å². The molecule has 2 N–H and O–H groups in total. The lowest BCUT2D eigenvalue weighted by Gasteiger charge is -2.10. The number of alkyl halides is 3. The molecule has 9 nitrogen and oxygen atoms in total. The maximum Gasteiger partial charge on any atom is 0.490 e. The molecule has 3 aromatic rings. The lowest BCUT2D eigenvalue weighted by Crippen LogP contribution is -2.29. The molecule has 0 aliphatic carbocycles. The number of hydrogen-bond acceptors (Lipinski definition) is 8. The number of pyridine rings is 1. The van der Waals surface area contributed by atoms with Gasteiger partial charge in [0.1, 0.15) is 0 Å². The van der Waals surface area contributed by atoms with E-state index in [4.69, 9.17) is 11.6 Å². The molecule has 35 heavy (non-hydrogen) atoms. The number of ether oxygens (including phenoxy) is 1. The van der Waals surface area contributed by atoms with Crippen LogP contribution >= 0.6 is 22.9 Å². The number of aryl methyl sites for hydroxylation is 1. The highest BCUT2D eigenvalue weighted by Crippen LogP contribution is 2.35.